The Labute approximate surface area is 115 Å². The van der Waals surface area contributed by atoms with Gasteiger partial charge in [0.15, 0.2) is 5.75 Å². The molecular weight excluding hydrogens is 266 g/mol. The number of hydrogen-bond donors (Lipinski definition) is 1. The van der Waals surface area contributed by atoms with Crippen LogP contribution in [-0.2, 0) is 21.1 Å². The van der Waals surface area contributed by atoms with Crippen molar-refractivity contribution in [3.05, 3.63) is 29.3 Å². The number of carbonyl (C=O) groups is 3. The van der Waals surface area contributed by atoms with Crippen LogP contribution < -0.4 is 4.89 Å². The molecule has 0 bridgehead atoms. The van der Waals surface area contributed by atoms with Crippen molar-refractivity contribution in [2.24, 2.45) is 0 Å². The average molecular weight is 281 g/mol. The van der Waals surface area contributed by atoms with Crippen molar-refractivity contribution in [2.75, 3.05) is 13.6 Å². The van der Waals surface area contributed by atoms with Crippen molar-refractivity contribution in [2.45, 2.75) is 13.5 Å². The molecule has 1 heterocycles. The second-order valence-electron chi connectivity index (χ2n) is 4.04. The van der Waals surface area contributed by atoms with Crippen LogP contribution in [0.5, 0.6) is 5.75 Å². The molecule has 0 radical (unpaired) electrons. The number of benzene rings is 1. The van der Waals surface area contributed by atoms with E-state index in [4.69, 9.17) is 19.7 Å². The number of nitrogens with zero attached hydrogens (tertiary/aromatic N) is 1. The lowest BCUT2D eigenvalue weighted by molar-refractivity contribution is -0.194. The zero-order valence-electron chi connectivity index (χ0n) is 11.2. The zero-order valence-corrected chi connectivity index (χ0v) is 11.2. The van der Waals surface area contributed by atoms with Crippen molar-refractivity contribution in [3.63, 3.8) is 0 Å². The van der Waals surface area contributed by atoms with Gasteiger partial charge in [0, 0.05) is 25.1 Å². The lowest BCUT2D eigenvalue weighted by Crippen LogP contribution is -2.28. The molecule has 0 aromatic heterocycles. The monoisotopic (exact) mass is 281 g/mol. The summed E-state index contributed by atoms with van der Waals surface area (Å²) in [7, 11) is 1.57. The van der Waals surface area contributed by atoms with Crippen molar-refractivity contribution < 1.29 is 29.3 Å². The second kappa shape index (κ2) is 7.25. The fourth-order valence-electron chi connectivity index (χ4n) is 1.46. The SMILES string of the molecule is CC(=O)O.CN(CC=O)C(=O)c1ccc2c(c1)OOC2. The van der Waals surface area contributed by atoms with E-state index < -0.39 is 5.97 Å². The van der Waals surface area contributed by atoms with E-state index >= 15 is 0 Å². The number of rotatable bonds is 3. The molecule has 0 fully saturated rings. The molecule has 1 aliphatic rings. The molecule has 7 nitrogen and oxygen atoms in total. The van der Waals surface area contributed by atoms with Crippen molar-refractivity contribution in [1.82, 2.24) is 4.90 Å². The maximum atomic E-state index is 11.8. The molecule has 1 aromatic rings. The van der Waals surface area contributed by atoms with Crippen LogP contribution in [0.3, 0.4) is 0 Å². The maximum Gasteiger partial charge on any atom is 0.300 e. The van der Waals surface area contributed by atoms with Crippen LogP contribution in [0.25, 0.3) is 0 Å². The van der Waals surface area contributed by atoms with Gasteiger partial charge in [0.2, 0.25) is 0 Å². The fourth-order valence-corrected chi connectivity index (χ4v) is 1.46. The van der Waals surface area contributed by atoms with Crippen LogP contribution in [0, 0.1) is 0 Å². The molecule has 0 saturated carbocycles. The minimum Gasteiger partial charge on any atom is -0.481 e. The first-order valence-electron chi connectivity index (χ1n) is 5.76. The first-order valence-corrected chi connectivity index (χ1v) is 5.76. The fraction of sp³-hybridized carbons (Fsp3) is 0.308. The molecule has 0 aliphatic carbocycles. The molecule has 20 heavy (non-hydrogen) atoms. The minimum absolute atomic E-state index is 0.0767. The Morgan fingerprint density at radius 1 is 1.45 bits per heavy atom. The number of carboxylic acid groups (broad SMARTS) is 1. The molecule has 0 saturated heterocycles. The van der Waals surface area contributed by atoms with Gasteiger partial charge in [-0.2, -0.15) is 4.89 Å². The highest BCUT2D eigenvalue weighted by Gasteiger charge is 2.18. The summed E-state index contributed by atoms with van der Waals surface area (Å²) >= 11 is 0. The van der Waals surface area contributed by atoms with Crippen LogP contribution in [-0.4, -0.2) is 41.8 Å². The van der Waals surface area contributed by atoms with Gasteiger partial charge < -0.3 is 19.7 Å². The van der Waals surface area contributed by atoms with Gasteiger partial charge in [0.05, 0.1) is 6.54 Å². The largest absolute Gasteiger partial charge is 0.481 e. The Morgan fingerprint density at radius 3 is 2.70 bits per heavy atom. The summed E-state index contributed by atoms with van der Waals surface area (Å²) in [5.41, 5.74) is 1.39. The molecule has 2 rings (SSSR count). The Hall–Kier alpha value is -2.41. The summed E-state index contributed by atoms with van der Waals surface area (Å²) in [5.74, 6) is -0.490. The van der Waals surface area contributed by atoms with Gasteiger partial charge in [-0.15, -0.1) is 0 Å². The van der Waals surface area contributed by atoms with Gasteiger partial charge in [0.1, 0.15) is 12.9 Å². The number of aliphatic carboxylic acids is 1. The van der Waals surface area contributed by atoms with Gasteiger partial charge in [-0.05, 0) is 12.1 Å². The highest BCUT2D eigenvalue weighted by atomic mass is 17.2. The van der Waals surface area contributed by atoms with Gasteiger partial charge in [0.25, 0.3) is 11.9 Å². The molecule has 0 atom stereocenters. The van der Waals surface area contributed by atoms with Crippen LogP contribution in [0.2, 0.25) is 0 Å². The van der Waals surface area contributed by atoms with E-state index in [1.165, 1.54) is 4.90 Å². The van der Waals surface area contributed by atoms with Gasteiger partial charge >= 0.3 is 0 Å². The molecule has 108 valence electrons. The first-order chi connectivity index (χ1) is 9.45. The Bertz CT molecular complexity index is 510. The summed E-state index contributed by atoms with van der Waals surface area (Å²) in [5, 5.41) is 7.42. The third kappa shape index (κ3) is 4.36. The van der Waals surface area contributed by atoms with E-state index in [-0.39, 0.29) is 12.5 Å². The average Bonchev–Trinajstić information content (AvgIpc) is 2.84. The number of aldehydes is 1. The predicted molar refractivity (Wildman–Crippen MR) is 68.2 cm³/mol. The number of carbonyl (C=O) groups excluding carboxylic acids is 2. The first kappa shape index (κ1) is 15.6. The number of likely N-dealkylation sites (N-methyl/N-ethyl adjacent to an activating group) is 1. The van der Waals surface area contributed by atoms with E-state index in [1.807, 2.05) is 0 Å². The van der Waals surface area contributed by atoms with E-state index in [1.54, 1.807) is 25.2 Å². The quantitative estimate of drug-likeness (QED) is 0.652. The molecule has 1 aliphatic heterocycles. The third-order valence-electron chi connectivity index (χ3n) is 2.37. The van der Waals surface area contributed by atoms with E-state index in [0.717, 1.165) is 12.5 Å². The van der Waals surface area contributed by atoms with Crippen LogP contribution in [0.1, 0.15) is 22.8 Å². The topological polar surface area (TPSA) is 93.1 Å². The molecule has 1 aromatic carbocycles. The number of carboxylic acids is 1. The number of fused-ring (bicyclic) bond motifs is 1. The van der Waals surface area contributed by atoms with Gasteiger partial charge in [-0.25, -0.2) is 0 Å². The molecule has 1 amide bonds. The molecule has 0 unspecified atom stereocenters. The smallest absolute Gasteiger partial charge is 0.300 e. The van der Waals surface area contributed by atoms with Crippen molar-refractivity contribution >= 4 is 18.2 Å². The molecule has 0 spiro atoms. The molecular formula is C13H15NO6. The third-order valence-corrected chi connectivity index (χ3v) is 2.37. The zero-order chi connectivity index (χ0) is 15.1. The Morgan fingerprint density at radius 2 is 2.10 bits per heavy atom. The second-order valence-corrected chi connectivity index (χ2v) is 4.04. The van der Waals surface area contributed by atoms with E-state index in [9.17, 15) is 9.59 Å². The summed E-state index contributed by atoms with van der Waals surface area (Å²) < 4.78 is 0. The summed E-state index contributed by atoms with van der Waals surface area (Å²) in [6, 6.07) is 5.09. The Balaban J connectivity index is 0.000000444. The summed E-state index contributed by atoms with van der Waals surface area (Å²) in [6.07, 6.45) is 0.685. The lowest BCUT2D eigenvalue weighted by Gasteiger charge is -2.13. The summed E-state index contributed by atoms with van der Waals surface area (Å²) in [4.78, 5) is 42.1. The Kier molecular flexibility index (Phi) is 5.67. The number of hydrogen-bond acceptors (Lipinski definition) is 5. The molecule has 1 N–H and O–H groups in total. The van der Waals surface area contributed by atoms with Crippen LogP contribution in [0.15, 0.2) is 18.2 Å². The van der Waals surface area contributed by atoms with Crippen molar-refractivity contribution in [3.8, 4) is 5.75 Å². The van der Waals surface area contributed by atoms with E-state index in [0.29, 0.717) is 24.2 Å². The predicted octanol–water partition coefficient (Wildman–Crippen LogP) is 0.872. The standard InChI is InChI=1S/C11H11NO4.C2H4O2/c1-12(4-5-13)11(14)8-2-3-9-7-15-16-10(9)6-8;1-2(3)4/h2-3,5-6H,4,7H2,1H3;1H3,(H,3,4). The normalized spacial score (nSPS) is 11.5. The van der Waals surface area contributed by atoms with E-state index in [2.05, 4.69) is 0 Å². The minimum atomic E-state index is -0.833. The van der Waals surface area contributed by atoms with Crippen LogP contribution in [0.4, 0.5) is 0 Å². The number of amides is 1. The van der Waals surface area contributed by atoms with Gasteiger partial charge in [-0.3, -0.25) is 9.59 Å². The van der Waals surface area contributed by atoms with Crippen LogP contribution >= 0.6 is 0 Å². The molecule has 7 heteroatoms. The van der Waals surface area contributed by atoms with Crippen molar-refractivity contribution in [1.29, 1.82) is 0 Å². The lowest BCUT2D eigenvalue weighted by atomic mass is 10.1. The highest BCUT2D eigenvalue weighted by Crippen LogP contribution is 2.27. The van der Waals surface area contributed by atoms with Gasteiger partial charge in [-0.1, -0.05) is 6.07 Å². The highest BCUT2D eigenvalue weighted by molar-refractivity contribution is 5.95. The maximum absolute atomic E-state index is 11.8. The summed E-state index contributed by atoms with van der Waals surface area (Å²) in [6.45, 7) is 1.56.